The first-order chi connectivity index (χ1) is 7.17. The Morgan fingerprint density at radius 2 is 2.27 bits per heavy atom. The predicted octanol–water partition coefficient (Wildman–Crippen LogP) is 1.49. The lowest BCUT2D eigenvalue weighted by molar-refractivity contribution is -0.144. The molecule has 0 heterocycles. The van der Waals surface area contributed by atoms with Gasteiger partial charge in [0.15, 0.2) is 0 Å². The maximum atomic E-state index is 11.1. The molecule has 15 heavy (non-hydrogen) atoms. The summed E-state index contributed by atoms with van der Waals surface area (Å²) >= 11 is 0. The highest BCUT2D eigenvalue weighted by Gasteiger charge is 2.16. The third-order valence-corrected chi connectivity index (χ3v) is 2.16. The molecule has 0 aliphatic carbocycles. The topological polar surface area (TPSA) is 61.5 Å². The van der Waals surface area contributed by atoms with E-state index < -0.39 is 6.10 Å². The highest BCUT2D eigenvalue weighted by Crippen LogP contribution is 2.20. The molecular formula is C11H15NO3. The lowest BCUT2D eigenvalue weighted by Gasteiger charge is -2.13. The number of benzene rings is 1. The molecule has 1 rings (SSSR count). The average Bonchev–Trinajstić information content (AvgIpc) is 2.25. The van der Waals surface area contributed by atoms with E-state index in [0.717, 1.165) is 11.1 Å². The average molecular weight is 209 g/mol. The first-order valence-electron chi connectivity index (χ1n) is 4.66. The molecule has 2 N–H and O–H groups in total. The highest BCUT2D eigenvalue weighted by molar-refractivity contribution is 5.70. The van der Waals surface area contributed by atoms with Crippen molar-refractivity contribution >= 4 is 5.97 Å². The van der Waals surface area contributed by atoms with Crippen molar-refractivity contribution in [2.75, 3.05) is 7.11 Å². The van der Waals surface area contributed by atoms with E-state index in [1.54, 1.807) is 0 Å². The van der Waals surface area contributed by atoms with Crippen LogP contribution in [0, 0.1) is 6.92 Å². The van der Waals surface area contributed by atoms with Crippen molar-refractivity contribution in [3.8, 4) is 0 Å². The van der Waals surface area contributed by atoms with Gasteiger partial charge in [0.25, 0.3) is 0 Å². The number of methoxy groups -OCH3 is 1. The zero-order valence-electron chi connectivity index (χ0n) is 8.90. The monoisotopic (exact) mass is 209 g/mol. The van der Waals surface area contributed by atoms with Crippen molar-refractivity contribution in [2.45, 2.75) is 19.4 Å². The lowest BCUT2D eigenvalue weighted by Crippen LogP contribution is -2.15. The summed E-state index contributed by atoms with van der Waals surface area (Å²) in [5, 5.41) is 0. The van der Waals surface area contributed by atoms with Crippen molar-refractivity contribution in [3.63, 3.8) is 0 Å². The fraction of sp³-hybridized carbons (Fsp3) is 0.364. The molecule has 4 nitrogen and oxygen atoms in total. The Morgan fingerprint density at radius 3 is 2.80 bits per heavy atom. The fourth-order valence-electron chi connectivity index (χ4n) is 1.35. The van der Waals surface area contributed by atoms with Crippen LogP contribution >= 0.6 is 0 Å². The minimum atomic E-state index is -0.447. The molecule has 82 valence electrons. The summed E-state index contributed by atoms with van der Waals surface area (Å²) in [4.78, 5) is 15.8. The molecular weight excluding hydrogens is 194 g/mol. The van der Waals surface area contributed by atoms with Crippen LogP contribution in [0.4, 0.5) is 0 Å². The number of hydrogen-bond acceptors (Lipinski definition) is 4. The van der Waals surface area contributed by atoms with Crippen molar-refractivity contribution in [3.05, 3.63) is 35.4 Å². The molecule has 0 amide bonds. The number of aryl methyl sites for hydroxylation is 1. The maximum Gasteiger partial charge on any atom is 0.308 e. The van der Waals surface area contributed by atoms with Gasteiger partial charge in [0.05, 0.1) is 13.5 Å². The summed E-state index contributed by atoms with van der Waals surface area (Å²) in [7, 11) is 1.34. The van der Waals surface area contributed by atoms with Gasteiger partial charge in [-0.05, 0) is 12.5 Å². The van der Waals surface area contributed by atoms with Gasteiger partial charge >= 0.3 is 5.97 Å². The van der Waals surface area contributed by atoms with Crippen molar-refractivity contribution < 1.29 is 14.4 Å². The molecule has 0 radical (unpaired) electrons. The van der Waals surface area contributed by atoms with Crippen LogP contribution < -0.4 is 5.90 Å². The van der Waals surface area contributed by atoms with Crippen molar-refractivity contribution in [2.24, 2.45) is 5.90 Å². The molecule has 1 aromatic rings. The molecule has 4 heteroatoms. The molecule has 1 aromatic carbocycles. The van der Waals surface area contributed by atoms with Crippen LogP contribution in [0.2, 0.25) is 0 Å². The molecule has 0 fully saturated rings. The van der Waals surface area contributed by atoms with Gasteiger partial charge in [-0.25, -0.2) is 5.90 Å². The number of ether oxygens (including phenoxy) is 1. The van der Waals surface area contributed by atoms with E-state index in [1.165, 1.54) is 7.11 Å². The summed E-state index contributed by atoms with van der Waals surface area (Å²) in [5.74, 6) is 4.81. The molecule has 0 aromatic heterocycles. The van der Waals surface area contributed by atoms with Crippen LogP contribution in [0.3, 0.4) is 0 Å². The summed E-state index contributed by atoms with van der Waals surface area (Å²) in [5.41, 5.74) is 1.97. The van der Waals surface area contributed by atoms with E-state index in [-0.39, 0.29) is 12.4 Å². The van der Waals surface area contributed by atoms with Crippen LogP contribution in [-0.2, 0) is 14.4 Å². The number of carbonyl (C=O) groups excluding carboxylic acids is 1. The van der Waals surface area contributed by atoms with Gasteiger partial charge in [0, 0.05) is 0 Å². The summed E-state index contributed by atoms with van der Waals surface area (Å²) in [6.45, 7) is 1.97. The van der Waals surface area contributed by atoms with E-state index in [2.05, 4.69) is 4.74 Å². The molecule has 0 saturated carbocycles. The van der Waals surface area contributed by atoms with Crippen LogP contribution in [0.15, 0.2) is 24.3 Å². The second-order valence-corrected chi connectivity index (χ2v) is 3.32. The number of hydrogen-bond donors (Lipinski definition) is 1. The minimum absolute atomic E-state index is 0.121. The quantitative estimate of drug-likeness (QED) is 0.602. The second kappa shape index (κ2) is 5.48. The zero-order valence-corrected chi connectivity index (χ0v) is 8.90. The largest absolute Gasteiger partial charge is 0.469 e. The Kier molecular flexibility index (Phi) is 4.27. The van der Waals surface area contributed by atoms with Gasteiger partial charge in [-0.2, -0.15) is 0 Å². The van der Waals surface area contributed by atoms with E-state index in [1.807, 2.05) is 31.2 Å². The van der Waals surface area contributed by atoms with Crippen molar-refractivity contribution in [1.82, 2.24) is 0 Å². The van der Waals surface area contributed by atoms with Crippen LogP contribution in [-0.4, -0.2) is 13.1 Å². The van der Waals surface area contributed by atoms with Crippen LogP contribution in [0.5, 0.6) is 0 Å². The summed E-state index contributed by atoms with van der Waals surface area (Å²) in [6.07, 6.45) is -0.325. The third kappa shape index (κ3) is 3.34. The van der Waals surface area contributed by atoms with Gasteiger partial charge < -0.3 is 4.74 Å². The van der Waals surface area contributed by atoms with Gasteiger partial charge in [0.2, 0.25) is 0 Å². The highest BCUT2D eigenvalue weighted by atomic mass is 16.6. The lowest BCUT2D eigenvalue weighted by atomic mass is 10.0. The Bertz CT molecular complexity index is 338. The molecule has 0 spiro atoms. The molecule has 0 aliphatic heterocycles. The molecule has 1 unspecified atom stereocenters. The van der Waals surface area contributed by atoms with E-state index in [0.29, 0.717) is 0 Å². The van der Waals surface area contributed by atoms with Gasteiger partial charge in [-0.15, -0.1) is 0 Å². The predicted molar refractivity (Wildman–Crippen MR) is 55.8 cm³/mol. The van der Waals surface area contributed by atoms with Gasteiger partial charge in [-0.3, -0.25) is 9.63 Å². The van der Waals surface area contributed by atoms with Crippen molar-refractivity contribution in [1.29, 1.82) is 0 Å². The standard InChI is InChI=1S/C11H15NO3/c1-8-4-3-5-9(6-8)10(15-12)7-11(13)14-2/h3-6,10H,7,12H2,1-2H3. The number of carbonyl (C=O) groups is 1. The summed E-state index contributed by atoms with van der Waals surface area (Å²) in [6, 6.07) is 7.66. The summed E-state index contributed by atoms with van der Waals surface area (Å²) < 4.78 is 4.56. The van der Waals surface area contributed by atoms with Crippen LogP contribution in [0.25, 0.3) is 0 Å². The number of esters is 1. The van der Waals surface area contributed by atoms with Gasteiger partial charge in [0.1, 0.15) is 6.10 Å². The fourth-order valence-corrected chi connectivity index (χ4v) is 1.35. The maximum absolute atomic E-state index is 11.1. The number of rotatable bonds is 4. The molecule has 0 aliphatic rings. The molecule has 1 atom stereocenters. The smallest absolute Gasteiger partial charge is 0.308 e. The van der Waals surface area contributed by atoms with Gasteiger partial charge in [-0.1, -0.05) is 29.8 Å². The Hall–Kier alpha value is -1.39. The van der Waals surface area contributed by atoms with E-state index in [9.17, 15) is 4.79 Å². The normalized spacial score (nSPS) is 12.2. The second-order valence-electron chi connectivity index (χ2n) is 3.32. The molecule has 0 bridgehead atoms. The zero-order chi connectivity index (χ0) is 11.3. The molecule has 0 saturated heterocycles. The van der Waals surface area contributed by atoms with E-state index >= 15 is 0 Å². The van der Waals surface area contributed by atoms with Crippen LogP contribution in [0.1, 0.15) is 23.7 Å². The Morgan fingerprint density at radius 1 is 1.53 bits per heavy atom. The third-order valence-electron chi connectivity index (χ3n) is 2.16. The van der Waals surface area contributed by atoms with E-state index in [4.69, 9.17) is 10.7 Å². The minimum Gasteiger partial charge on any atom is -0.469 e. The first kappa shape index (κ1) is 11.7. The Balaban J connectivity index is 2.78. The SMILES string of the molecule is COC(=O)CC(ON)c1cccc(C)c1. The first-order valence-corrected chi connectivity index (χ1v) is 4.66. The number of nitrogens with two attached hydrogens (primary N) is 1. The Labute approximate surface area is 88.9 Å².